The molecule has 0 amide bonds. The predicted molar refractivity (Wildman–Crippen MR) is 72.1 cm³/mol. The molecule has 2 fully saturated rings. The smallest absolute Gasteiger partial charge is 0.0591 e. The van der Waals surface area contributed by atoms with Gasteiger partial charge in [-0.05, 0) is 43.4 Å². The summed E-state index contributed by atoms with van der Waals surface area (Å²) >= 11 is 0. The van der Waals surface area contributed by atoms with E-state index in [0.29, 0.717) is 0 Å². The van der Waals surface area contributed by atoms with E-state index >= 15 is 0 Å². The molecule has 1 N–H and O–H groups in total. The fraction of sp³-hybridized carbons (Fsp3) is 1.00. The highest BCUT2D eigenvalue weighted by Crippen LogP contribution is 2.30. The van der Waals surface area contributed by atoms with Crippen LogP contribution in [0.1, 0.15) is 52.4 Å². The average molecular weight is 239 g/mol. The Morgan fingerprint density at radius 3 is 2.59 bits per heavy atom. The van der Waals surface area contributed by atoms with Crippen molar-refractivity contribution in [3.05, 3.63) is 0 Å². The van der Waals surface area contributed by atoms with Crippen molar-refractivity contribution in [2.24, 2.45) is 17.8 Å². The molecule has 2 saturated carbocycles. The summed E-state index contributed by atoms with van der Waals surface area (Å²) in [6, 6.07) is 0.744. The molecule has 2 unspecified atom stereocenters. The number of rotatable bonds is 7. The van der Waals surface area contributed by atoms with Crippen LogP contribution in [-0.4, -0.2) is 25.8 Å². The minimum absolute atomic E-state index is 0.744. The highest BCUT2D eigenvalue weighted by molar-refractivity contribution is 4.82. The quantitative estimate of drug-likeness (QED) is 0.689. The second-order valence-electron chi connectivity index (χ2n) is 6.27. The maximum atomic E-state index is 5.68. The molecular formula is C15H29NO. The van der Waals surface area contributed by atoms with E-state index in [9.17, 15) is 0 Å². The Morgan fingerprint density at radius 2 is 1.88 bits per heavy atom. The van der Waals surface area contributed by atoms with Crippen LogP contribution in [0.5, 0.6) is 0 Å². The van der Waals surface area contributed by atoms with Crippen molar-refractivity contribution >= 4 is 0 Å². The molecule has 0 spiro atoms. The van der Waals surface area contributed by atoms with Gasteiger partial charge in [0, 0.05) is 19.2 Å². The maximum absolute atomic E-state index is 5.68. The van der Waals surface area contributed by atoms with Crippen LogP contribution in [0.3, 0.4) is 0 Å². The summed E-state index contributed by atoms with van der Waals surface area (Å²) in [5.41, 5.74) is 0. The van der Waals surface area contributed by atoms with Gasteiger partial charge in [-0.25, -0.2) is 0 Å². The van der Waals surface area contributed by atoms with Gasteiger partial charge in [-0.15, -0.1) is 0 Å². The molecule has 0 aromatic heterocycles. The SMILES string of the molecule is CC(C)C1CCCCC1NCCOCC1CC1. The van der Waals surface area contributed by atoms with Gasteiger partial charge >= 0.3 is 0 Å². The normalized spacial score (nSPS) is 29.8. The third-order valence-corrected chi connectivity index (χ3v) is 4.38. The zero-order valence-electron chi connectivity index (χ0n) is 11.6. The van der Waals surface area contributed by atoms with E-state index in [4.69, 9.17) is 4.74 Å². The van der Waals surface area contributed by atoms with Gasteiger partial charge in [0.05, 0.1) is 6.61 Å². The Kier molecular flexibility index (Phi) is 5.30. The van der Waals surface area contributed by atoms with Crippen LogP contribution in [0.4, 0.5) is 0 Å². The Hall–Kier alpha value is -0.0800. The van der Waals surface area contributed by atoms with Gasteiger partial charge in [0.25, 0.3) is 0 Å². The fourth-order valence-corrected chi connectivity index (χ4v) is 3.06. The summed E-state index contributed by atoms with van der Waals surface area (Å²) in [6.07, 6.45) is 8.41. The summed E-state index contributed by atoms with van der Waals surface area (Å²) in [6.45, 7) is 7.68. The van der Waals surface area contributed by atoms with E-state index in [1.807, 2.05) is 0 Å². The third-order valence-electron chi connectivity index (χ3n) is 4.38. The molecule has 2 heteroatoms. The van der Waals surface area contributed by atoms with Gasteiger partial charge < -0.3 is 10.1 Å². The van der Waals surface area contributed by atoms with E-state index in [1.165, 1.54) is 38.5 Å². The highest BCUT2D eigenvalue weighted by Gasteiger charge is 2.26. The summed E-state index contributed by atoms with van der Waals surface area (Å²) in [5, 5.41) is 3.72. The first-order chi connectivity index (χ1) is 8.27. The first kappa shape index (κ1) is 13.4. The first-order valence-electron chi connectivity index (χ1n) is 7.58. The van der Waals surface area contributed by atoms with Crippen LogP contribution < -0.4 is 5.32 Å². The lowest BCUT2D eigenvalue weighted by Crippen LogP contribution is -2.42. The lowest BCUT2D eigenvalue weighted by atomic mass is 9.78. The number of nitrogens with one attached hydrogen (secondary N) is 1. The molecule has 17 heavy (non-hydrogen) atoms. The standard InChI is InChI=1S/C15H29NO/c1-12(2)14-5-3-4-6-15(14)16-9-10-17-11-13-7-8-13/h12-16H,3-11H2,1-2H3. The van der Waals surface area contributed by atoms with Crippen molar-refractivity contribution in [3.63, 3.8) is 0 Å². The monoisotopic (exact) mass is 239 g/mol. The summed E-state index contributed by atoms with van der Waals surface area (Å²) in [7, 11) is 0. The molecule has 0 bridgehead atoms. The third kappa shape index (κ3) is 4.59. The lowest BCUT2D eigenvalue weighted by molar-refractivity contribution is 0.116. The van der Waals surface area contributed by atoms with Crippen LogP contribution in [-0.2, 0) is 4.74 Å². The molecular weight excluding hydrogens is 210 g/mol. The Morgan fingerprint density at radius 1 is 1.12 bits per heavy atom. The molecule has 0 aliphatic heterocycles. The molecule has 0 saturated heterocycles. The molecule has 0 heterocycles. The molecule has 100 valence electrons. The Labute approximate surface area is 107 Å². The van der Waals surface area contributed by atoms with Crippen molar-refractivity contribution in [3.8, 4) is 0 Å². The summed E-state index contributed by atoms with van der Waals surface area (Å²) in [4.78, 5) is 0. The molecule has 2 atom stereocenters. The number of ether oxygens (including phenoxy) is 1. The van der Waals surface area contributed by atoms with Gasteiger partial charge in [0.15, 0.2) is 0 Å². The molecule has 2 aliphatic rings. The van der Waals surface area contributed by atoms with Crippen LogP contribution in [0.2, 0.25) is 0 Å². The topological polar surface area (TPSA) is 21.3 Å². The number of hydrogen-bond donors (Lipinski definition) is 1. The van der Waals surface area contributed by atoms with Crippen molar-refractivity contribution in [2.75, 3.05) is 19.8 Å². The van der Waals surface area contributed by atoms with Gasteiger partial charge in [-0.1, -0.05) is 26.7 Å². The molecule has 2 nitrogen and oxygen atoms in total. The molecule has 0 aromatic rings. The van der Waals surface area contributed by atoms with Crippen LogP contribution >= 0.6 is 0 Å². The van der Waals surface area contributed by atoms with Gasteiger partial charge in [0.2, 0.25) is 0 Å². The molecule has 0 radical (unpaired) electrons. The second-order valence-corrected chi connectivity index (χ2v) is 6.27. The minimum Gasteiger partial charge on any atom is -0.380 e. The summed E-state index contributed by atoms with van der Waals surface area (Å²) in [5.74, 6) is 2.60. The van der Waals surface area contributed by atoms with E-state index in [-0.39, 0.29) is 0 Å². The van der Waals surface area contributed by atoms with Gasteiger partial charge in [-0.2, -0.15) is 0 Å². The van der Waals surface area contributed by atoms with E-state index in [0.717, 1.165) is 43.6 Å². The average Bonchev–Trinajstić information content (AvgIpc) is 3.13. The molecule has 2 rings (SSSR count). The Balaban J connectivity index is 1.58. The zero-order chi connectivity index (χ0) is 12.1. The zero-order valence-corrected chi connectivity index (χ0v) is 11.6. The minimum atomic E-state index is 0.744. The fourth-order valence-electron chi connectivity index (χ4n) is 3.06. The number of hydrogen-bond acceptors (Lipinski definition) is 2. The van der Waals surface area contributed by atoms with Crippen molar-refractivity contribution in [1.29, 1.82) is 0 Å². The van der Waals surface area contributed by atoms with Gasteiger partial charge in [-0.3, -0.25) is 0 Å². The second kappa shape index (κ2) is 6.75. The predicted octanol–water partition coefficient (Wildman–Crippen LogP) is 3.22. The molecule has 2 aliphatic carbocycles. The van der Waals surface area contributed by atoms with Crippen molar-refractivity contribution in [2.45, 2.75) is 58.4 Å². The van der Waals surface area contributed by atoms with E-state index in [2.05, 4.69) is 19.2 Å². The largest absolute Gasteiger partial charge is 0.380 e. The van der Waals surface area contributed by atoms with Crippen LogP contribution in [0, 0.1) is 17.8 Å². The van der Waals surface area contributed by atoms with Crippen LogP contribution in [0.25, 0.3) is 0 Å². The summed E-state index contributed by atoms with van der Waals surface area (Å²) < 4.78 is 5.68. The highest BCUT2D eigenvalue weighted by atomic mass is 16.5. The van der Waals surface area contributed by atoms with Crippen LogP contribution in [0.15, 0.2) is 0 Å². The van der Waals surface area contributed by atoms with Crippen molar-refractivity contribution < 1.29 is 4.74 Å². The van der Waals surface area contributed by atoms with Crippen molar-refractivity contribution in [1.82, 2.24) is 5.32 Å². The Bertz CT molecular complexity index is 213. The van der Waals surface area contributed by atoms with Gasteiger partial charge in [0.1, 0.15) is 0 Å². The first-order valence-corrected chi connectivity index (χ1v) is 7.58. The molecule has 0 aromatic carbocycles. The lowest BCUT2D eigenvalue weighted by Gasteiger charge is -2.35. The van der Waals surface area contributed by atoms with E-state index < -0.39 is 0 Å². The maximum Gasteiger partial charge on any atom is 0.0591 e. The van der Waals surface area contributed by atoms with E-state index in [1.54, 1.807) is 0 Å².